The van der Waals surface area contributed by atoms with E-state index in [2.05, 4.69) is 4.98 Å². The van der Waals surface area contributed by atoms with Crippen LogP contribution in [0, 0.1) is 10.1 Å². The highest BCUT2D eigenvalue weighted by Gasteiger charge is 2.34. The molecule has 21 heavy (non-hydrogen) atoms. The predicted octanol–water partition coefficient (Wildman–Crippen LogP) is 2.14. The van der Waals surface area contributed by atoms with Crippen molar-refractivity contribution in [2.45, 2.75) is 31.7 Å². The minimum Gasteiger partial charge on any atom is -0.480 e. The first-order chi connectivity index (χ1) is 10.1. The summed E-state index contributed by atoms with van der Waals surface area (Å²) in [6, 6.07) is 0.00408. The van der Waals surface area contributed by atoms with Crippen LogP contribution in [-0.4, -0.2) is 38.0 Å². The number of imidazole rings is 1. The quantitative estimate of drug-likeness (QED) is 0.670. The van der Waals surface area contributed by atoms with E-state index in [1.165, 1.54) is 15.7 Å². The van der Waals surface area contributed by atoms with E-state index in [0.29, 0.717) is 4.96 Å². The van der Waals surface area contributed by atoms with E-state index in [4.69, 9.17) is 5.11 Å². The largest absolute Gasteiger partial charge is 0.480 e. The van der Waals surface area contributed by atoms with Crippen LogP contribution in [-0.2, 0) is 4.79 Å². The number of rotatable bonds is 5. The molecule has 0 unspecified atom stereocenters. The molecule has 1 aliphatic rings. The Morgan fingerprint density at radius 1 is 1.57 bits per heavy atom. The molecule has 112 valence electrons. The third kappa shape index (κ3) is 2.44. The van der Waals surface area contributed by atoms with Crippen molar-refractivity contribution in [2.24, 2.45) is 0 Å². The van der Waals surface area contributed by atoms with Crippen LogP contribution in [0.1, 0.15) is 25.7 Å². The van der Waals surface area contributed by atoms with Crippen LogP contribution in [0.4, 0.5) is 11.6 Å². The minimum atomic E-state index is -1.01. The Morgan fingerprint density at radius 2 is 2.29 bits per heavy atom. The number of thiazole rings is 1. The van der Waals surface area contributed by atoms with Gasteiger partial charge in [0.15, 0.2) is 0 Å². The average molecular weight is 310 g/mol. The molecule has 0 aliphatic heterocycles. The summed E-state index contributed by atoms with van der Waals surface area (Å²) in [5.74, 6) is -0.992. The second kappa shape index (κ2) is 5.32. The summed E-state index contributed by atoms with van der Waals surface area (Å²) in [4.78, 5) is 28.4. The van der Waals surface area contributed by atoms with E-state index in [-0.39, 0.29) is 24.2 Å². The molecule has 0 radical (unpaired) electrons. The molecule has 1 fully saturated rings. The number of hydrogen-bond donors (Lipinski definition) is 1. The van der Waals surface area contributed by atoms with Crippen molar-refractivity contribution in [3.05, 3.63) is 21.7 Å². The lowest BCUT2D eigenvalue weighted by Gasteiger charge is -2.26. The van der Waals surface area contributed by atoms with Gasteiger partial charge in [-0.2, -0.15) is 9.38 Å². The highest BCUT2D eigenvalue weighted by molar-refractivity contribution is 7.15. The summed E-state index contributed by atoms with van der Waals surface area (Å²) in [6.45, 7) is -0.268. The van der Waals surface area contributed by atoms with Gasteiger partial charge < -0.3 is 20.1 Å². The Hall–Kier alpha value is -2.16. The zero-order chi connectivity index (χ0) is 15.0. The normalized spacial score (nSPS) is 15.6. The first-order valence-electron chi connectivity index (χ1n) is 6.66. The Balaban J connectivity index is 2.09. The summed E-state index contributed by atoms with van der Waals surface area (Å²) in [5, 5.41) is 22.2. The number of nitro groups is 1. The molecule has 1 saturated carbocycles. The molecule has 1 aliphatic carbocycles. The molecule has 0 bridgehead atoms. The zero-order valence-corrected chi connectivity index (χ0v) is 12.0. The summed E-state index contributed by atoms with van der Waals surface area (Å²) < 4.78 is 1.41. The highest BCUT2D eigenvalue weighted by atomic mass is 32.1. The average Bonchev–Trinajstić information content (AvgIpc) is 3.11. The summed E-state index contributed by atoms with van der Waals surface area (Å²) >= 11 is 1.29. The van der Waals surface area contributed by atoms with Crippen LogP contribution in [0.3, 0.4) is 0 Å². The van der Waals surface area contributed by atoms with Crippen LogP contribution >= 0.6 is 11.3 Å². The van der Waals surface area contributed by atoms with E-state index in [9.17, 15) is 14.9 Å². The van der Waals surface area contributed by atoms with Crippen molar-refractivity contribution in [3.63, 3.8) is 0 Å². The molecule has 3 rings (SSSR count). The van der Waals surface area contributed by atoms with Crippen LogP contribution in [0.25, 0.3) is 4.96 Å². The van der Waals surface area contributed by atoms with Crippen molar-refractivity contribution < 1.29 is 14.8 Å². The Bertz CT molecular complexity index is 689. The first-order valence-corrected chi connectivity index (χ1v) is 7.54. The Morgan fingerprint density at radius 3 is 2.90 bits per heavy atom. The SMILES string of the molecule is O=C(O)CN(c1nc2sccn2c1[N+](=O)[O-])C1CCCC1. The lowest BCUT2D eigenvalue weighted by molar-refractivity contribution is -0.389. The number of nitrogens with zero attached hydrogens (tertiary/aromatic N) is 4. The molecule has 0 saturated heterocycles. The number of carbonyl (C=O) groups is 1. The summed E-state index contributed by atoms with van der Waals surface area (Å²) in [5.41, 5.74) is 0. The molecular weight excluding hydrogens is 296 g/mol. The lowest BCUT2D eigenvalue weighted by Crippen LogP contribution is -2.38. The topological polar surface area (TPSA) is 101 Å². The molecule has 2 aromatic heterocycles. The third-order valence-corrected chi connectivity index (χ3v) is 4.49. The van der Waals surface area contributed by atoms with Crippen molar-refractivity contribution in [3.8, 4) is 0 Å². The van der Waals surface area contributed by atoms with E-state index < -0.39 is 10.9 Å². The minimum absolute atomic E-state index is 0.00408. The van der Waals surface area contributed by atoms with Crippen molar-refractivity contribution >= 4 is 33.9 Å². The smallest absolute Gasteiger partial charge is 0.373 e. The summed E-state index contributed by atoms with van der Waals surface area (Å²) in [6.07, 6.45) is 5.29. The van der Waals surface area contributed by atoms with E-state index in [1.807, 2.05) is 0 Å². The fraction of sp³-hybridized carbons (Fsp3) is 0.500. The van der Waals surface area contributed by atoms with Gasteiger partial charge in [0.25, 0.3) is 4.96 Å². The molecule has 0 atom stereocenters. The Labute approximate surface area is 123 Å². The maximum Gasteiger partial charge on any atom is 0.373 e. The zero-order valence-electron chi connectivity index (χ0n) is 11.1. The molecule has 0 amide bonds. The molecule has 0 spiro atoms. The third-order valence-electron chi connectivity index (χ3n) is 3.74. The number of anilines is 1. The second-order valence-electron chi connectivity index (χ2n) is 5.03. The molecule has 1 N–H and O–H groups in total. The van der Waals surface area contributed by atoms with E-state index in [0.717, 1.165) is 25.7 Å². The van der Waals surface area contributed by atoms with E-state index >= 15 is 0 Å². The van der Waals surface area contributed by atoms with Crippen LogP contribution in [0.5, 0.6) is 0 Å². The number of hydrogen-bond acceptors (Lipinski definition) is 6. The fourth-order valence-electron chi connectivity index (χ4n) is 2.86. The predicted molar refractivity (Wildman–Crippen MR) is 77.0 cm³/mol. The first kappa shape index (κ1) is 13.8. The van der Waals surface area contributed by atoms with Gasteiger partial charge in [-0.25, -0.2) is 0 Å². The summed E-state index contributed by atoms with van der Waals surface area (Å²) in [7, 11) is 0. The monoisotopic (exact) mass is 310 g/mol. The molecule has 0 aromatic carbocycles. The molecule has 9 heteroatoms. The number of aromatic nitrogens is 2. The van der Waals surface area contributed by atoms with Gasteiger partial charge in [0, 0.05) is 11.4 Å². The maximum absolute atomic E-state index is 11.4. The molecule has 2 aromatic rings. The van der Waals surface area contributed by atoms with Gasteiger partial charge >= 0.3 is 11.8 Å². The number of carboxylic acid groups (broad SMARTS) is 1. The van der Waals surface area contributed by atoms with Gasteiger partial charge in [0.05, 0.1) is 0 Å². The van der Waals surface area contributed by atoms with Gasteiger partial charge in [-0.15, -0.1) is 0 Å². The lowest BCUT2D eigenvalue weighted by atomic mass is 10.2. The Kier molecular flexibility index (Phi) is 3.50. The standard InChI is InChI=1S/C12H14N4O4S/c17-9(18)7-15(8-3-1-2-4-8)10-11(16(19)20)14-5-6-21-12(14)13-10/h5-6,8H,1-4,7H2,(H,17,18). The van der Waals surface area contributed by atoms with Gasteiger partial charge in [0.1, 0.15) is 12.7 Å². The molecule has 8 nitrogen and oxygen atoms in total. The van der Waals surface area contributed by atoms with Gasteiger partial charge in [-0.1, -0.05) is 24.2 Å². The number of aliphatic carboxylic acids is 1. The highest BCUT2D eigenvalue weighted by Crippen LogP contribution is 2.35. The van der Waals surface area contributed by atoms with Gasteiger partial charge in [0.2, 0.25) is 5.82 Å². The van der Waals surface area contributed by atoms with Gasteiger partial charge in [-0.05, 0) is 17.8 Å². The number of carboxylic acids is 1. The molecular formula is C12H14N4O4S. The van der Waals surface area contributed by atoms with Crippen LogP contribution in [0.2, 0.25) is 0 Å². The van der Waals surface area contributed by atoms with E-state index in [1.54, 1.807) is 16.5 Å². The van der Waals surface area contributed by atoms with Crippen molar-refractivity contribution in [1.82, 2.24) is 9.38 Å². The fourth-order valence-corrected chi connectivity index (χ4v) is 3.57. The maximum atomic E-state index is 11.4. The van der Waals surface area contributed by atoms with Gasteiger partial charge in [-0.3, -0.25) is 4.79 Å². The van der Waals surface area contributed by atoms with Crippen LogP contribution < -0.4 is 4.90 Å². The molecule has 2 heterocycles. The van der Waals surface area contributed by atoms with Crippen molar-refractivity contribution in [1.29, 1.82) is 0 Å². The van der Waals surface area contributed by atoms with Crippen molar-refractivity contribution in [2.75, 3.05) is 11.4 Å². The number of fused-ring (bicyclic) bond motifs is 1. The second-order valence-corrected chi connectivity index (χ2v) is 5.90. The van der Waals surface area contributed by atoms with Crippen LogP contribution in [0.15, 0.2) is 11.6 Å².